The second-order valence-corrected chi connectivity index (χ2v) is 4.35. The maximum atomic E-state index is 13.3. The molecule has 0 saturated carbocycles. The molecule has 0 spiro atoms. The molecule has 0 unspecified atom stereocenters. The van der Waals surface area contributed by atoms with Gasteiger partial charge in [-0.1, -0.05) is 0 Å². The van der Waals surface area contributed by atoms with Crippen LogP contribution in [0.15, 0.2) is 36.4 Å². The molecular weight excluding hydrogens is 277 g/mol. The smallest absolute Gasteiger partial charge is 0.338 e. The van der Waals surface area contributed by atoms with Gasteiger partial charge in [0.1, 0.15) is 17.3 Å². The number of carbonyl (C=O) groups is 1. The normalized spacial score (nSPS) is 10.2. The standard InChI is InChI=1S/C15H14FNO4/c1-21-11-4-2-9(14(18)7-11)8-17-10-3-5-13(16)12(6-10)15(19)20/h2-7,17-18H,8H2,1H3,(H,19,20). The average Bonchev–Trinajstić information content (AvgIpc) is 2.47. The summed E-state index contributed by atoms with van der Waals surface area (Å²) < 4.78 is 18.2. The lowest BCUT2D eigenvalue weighted by atomic mass is 10.1. The Morgan fingerprint density at radius 3 is 2.67 bits per heavy atom. The molecule has 0 atom stereocenters. The molecule has 110 valence electrons. The largest absolute Gasteiger partial charge is 0.507 e. The fraction of sp³-hybridized carbons (Fsp3) is 0.133. The molecule has 2 aromatic rings. The Morgan fingerprint density at radius 1 is 1.29 bits per heavy atom. The summed E-state index contributed by atoms with van der Waals surface area (Å²) in [6.45, 7) is 0.264. The molecule has 0 aliphatic rings. The number of aromatic carboxylic acids is 1. The van der Waals surface area contributed by atoms with Gasteiger partial charge >= 0.3 is 5.97 Å². The highest BCUT2D eigenvalue weighted by atomic mass is 19.1. The van der Waals surface area contributed by atoms with Gasteiger partial charge in [-0.3, -0.25) is 0 Å². The molecule has 5 nitrogen and oxygen atoms in total. The fourth-order valence-electron chi connectivity index (χ4n) is 1.82. The fourth-order valence-corrected chi connectivity index (χ4v) is 1.82. The van der Waals surface area contributed by atoms with Crippen LogP contribution in [-0.2, 0) is 6.54 Å². The Kier molecular flexibility index (Phi) is 4.27. The monoisotopic (exact) mass is 291 g/mol. The second-order valence-electron chi connectivity index (χ2n) is 4.35. The molecule has 2 aromatic carbocycles. The molecule has 0 aliphatic heterocycles. The zero-order chi connectivity index (χ0) is 15.4. The third kappa shape index (κ3) is 3.42. The van der Waals surface area contributed by atoms with E-state index in [4.69, 9.17) is 9.84 Å². The van der Waals surface area contributed by atoms with E-state index in [1.807, 2.05) is 0 Å². The summed E-state index contributed by atoms with van der Waals surface area (Å²) >= 11 is 0. The number of phenolic OH excluding ortho intramolecular Hbond substituents is 1. The molecule has 0 saturated heterocycles. The quantitative estimate of drug-likeness (QED) is 0.789. The number of benzene rings is 2. The van der Waals surface area contributed by atoms with Crippen LogP contribution in [0.2, 0.25) is 0 Å². The van der Waals surface area contributed by atoms with Crippen LogP contribution in [0.3, 0.4) is 0 Å². The van der Waals surface area contributed by atoms with Crippen LogP contribution in [-0.4, -0.2) is 23.3 Å². The summed E-state index contributed by atoms with van der Waals surface area (Å²) in [6, 6.07) is 8.58. The first kappa shape index (κ1) is 14.6. The minimum atomic E-state index is -1.33. The lowest BCUT2D eigenvalue weighted by molar-refractivity contribution is 0.0692. The molecule has 0 amide bonds. The topological polar surface area (TPSA) is 78.8 Å². The van der Waals surface area contributed by atoms with Crippen molar-refractivity contribution in [2.75, 3.05) is 12.4 Å². The molecule has 0 bridgehead atoms. The van der Waals surface area contributed by atoms with Crippen molar-refractivity contribution in [3.8, 4) is 11.5 Å². The van der Waals surface area contributed by atoms with Crippen LogP contribution in [0.4, 0.5) is 10.1 Å². The molecule has 6 heteroatoms. The van der Waals surface area contributed by atoms with Crippen molar-refractivity contribution in [2.24, 2.45) is 0 Å². The summed E-state index contributed by atoms with van der Waals surface area (Å²) in [4.78, 5) is 10.9. The molecular formula is C15H14FNO4. The van der Waals surface area contributed by atoms with E-state index in [-0.39, 0.29) is 12.3 Å². The number of anilines is 1. The highest BCUT2D eigenvalue weighted by Gasteiger charge is 2.11. The van der Waals surface area contributed by atoms with Crippen LogP contribution in [0.1, 0.15) is 15.9 Å². The van der Waals surface area contributed by atoms with Gasteiger partial charge in [-0.25, -0.2) is 9.18 Å². The number of nitrogens with one attached hydrogen (secondary N) is 1. The van der Waals surface area contributed by atoms with E-state index in [9.17, 15) is 14.3 Å². The summed E-state index contributed by atoms with van der Waals surface area (Å²) in [5.41, 5.74) is 0.653. The van der Waals surface area contributed by atoms with E-state index in [2.05, 4.69) is 5.32 Å². The highest BCUT2D eigenvalue weighted by molar-refractivity contribution is 5.89. The van der Waals surface area contributed by atoms with Gasteiger partial charge in [0.25, 0.3) is 0 Å². The minimum absolute atomic E-state index is 0.0578. The van der Waals surface area contributed by atoms with Gasteiger partial charge in [0, 0.05) is 23.9 Å². The summed E-state index contributed by atoms with van der Waals surface area (Å²) in [7, 11) is 1.50. The Balaban J connectivity index is 2.13. The van der Waals surface area contributed by atoms with Gasteiger partial charge < -0.3 is 20.3 Å². The summed E-state index contributed by atoms with van der Waals surface area (Å²) in [6.07, 6.45) is 0. The first-order chi connectivity index (χ1) is 10.0. The van der Waals surface area contributed by atoms with Crippen molar-refractivity contribution in [1.29, 1.82) is 0 Å². The van der Waals surface area contributed by atoms with Gasteiger partial charge in [0.2, 0.25) is 0 Å². The van der Waals surface area contributed by atoms with Gasteiger partial charge in [-0.2, -0.15) is 0 Å². The minimum Gasteiger partial charge on any atom is -0.507 e. The van der Waals surface area contributed by atoms with Crippen molar-refractivity contribution in [1.82, 2.24) is 0 Å². The lowest BCUT2D eigenvalue weighted by Crippen LogP contribution is -2.04. The van der Waals surface area contributed by atoms with E-state index in [0.717, 1.165) is 6.07 Å². The number of rotatable bonds is 5. The molecule has 0 heterocycles. The van der Waals surface area contributed by atoms with Crippen molar-refractivity contribution in [2.45, 2.75) is 6.54 Å². The van der Waals surface area contributed by atoms with E-state index in [1.165, 1.54) is 25.3 Å². The predicted molar refractivity (Wildman–Crippen MR) is 75.3 cm³/mol. The molecule has 0 aromatic heterocycles. The lowest BCUT2D eigenvalue weighted by Gasteiger charge is -2.10. The van der Waals surface area contributed by atoms with E-state index < -0.39 is 17.3 Å². The SMILES string of the molecule is COc1ccc(CNc2ccc(F)c(C(=O)O)c2)c(O)c1. The van der Waals surface area contributed by atoms with Crippen LogP contribution in [0, 0.1) is 5.82 Å². The predicted octanol–water partition coefficient (Wildman–Crippen LogP) is 2.85. The molecule has 21 heavy (non-hydrogen) atoms. The molecule has 2 rings (SSSR count). The maximum Gasteiger partial charge on any atom is 0.338 e. The van der Waals surface area contributed by atoms with Gasteiger partial charge in [0.15, 0.2) is 0 Å². The van der Waals surface area contributed by atoms with Gasteiger partial charge in [-0.05, 0) is 30.3 Å². The van der Waals surface area contributed by atoms with E-state index in [1.54, 1.807) is 12.1 Å². The van der Waals surface area contributed by atoms with Crippen molar-refractivity contribution in [3.63, 3.8) is 0 Å². The van der Waals surface area contributed by atoms with Crippen LogP contribution < -0.4 is 10.1 Å². The van der Waals surface area contributed by atoms with E-state index >= 15 is 0 Å². The van der Waals surface area contributed by atoms with Crippen molar-refractivity contribution in [3.05, 3.63) is 53.3 Å². The number of hydrogen-bond acceptors (Lipinski definition) is 4. The number of ether oxygens (including phenoxy) is 1. The van der Waals surface area contributed by atoms with Crippen LogP contribution in [0.5, 0.6) is 11.5 Å². The Labute approximate surface area is 120 Å². The Bertz CT molecular complexity index is 673. The average molecular weight is 291 g/mol. The zero-order valence-electron chi connectivity index (χ0n) is 11.3. The third-order valence-electron chi connectivity index (χ3n) is 2.97. The number of carboxylic acid groups (broad SMARTS) is 1. The van der Waals surface area contributed by atoms with Gasteiger partial charge in [-0.15, -0.1) is 0 Å². The van der Waals surface area contributed by atoms with Crippen molar-refractivity contribution >= 4 is 11.7 Å². The number of hydrogen-bond donors (Lipinski definition) is 3. The molecule has 0 aliphatic carbocycles. The number of carboxylic acids is 1. The van der Waals surface area contributed by atoms with Crippen LogP contribution >= 0.6 is 0 Å². The first-order valence-corrected chi connectivity index (χ1v) is 6.14. The van der Waals surface area contributed by atoms with E-state index in [0.29, 0.717) is 17.0 Å². The number of halogens is 1. The highest BCUT2D eigenvalue weighted by Crippen LogP contribution is 2.24. The molecule has 0 radical (unpaired) electrons. The Hall–Kier alpha value is -2.76. The molecule has 3 N–H and O–H groups in total. The first-order valence-electron chi connectivity index (χ1n) is 6.14. The number of methoxy groups -OCH3 is 1. The zero-order valence-corrected chi connectivity index (χ0v) is 11.3. The second kappa shape index (κ2) is 6.13. The number of aromatic hydroxyl groups is 1. The van der Waals surface area contributed by atoms with Crippen LogP contribution in [0.25, 0.3) is 0 Å². The van der Waals surface area contributed by atoms with Gasteiger partial charge in [0.05, 0.1) is 12.7 Å². The van der Waals surface area contributed by atoms with Crippen molar-refractivity contribution < 1.29 is 24.1 Å². The summed E-state index contributed by atoms with van der Waals surface area (Å²) in [5, 5.41) is 21.6. The number of phenols is 1. The molecule has 0 fully saturated rings. The Morgan fingerprint density at radius 2 is 2.05 bits per heavy atom. The summed E-state index contributed by atoms with van der Waals surface area (Å²) in [5.74, 6) is -1.53. The maximum absolute atomic E-state index is 13.3. The third-order valence-corrected chi connectivity index (χ3v) is 2.97.